The van der Waals surface area contributed by atoms with Gasteiger partial charge in [-0.3, -0.25) is 4.98 Å². The Hall–Kier alpha value is -3.29. The Morgan fingerprint density at radius 3 is 2.96 bits per heavy atom. The van der Waals surface area contributed by atoms with Crippen molar-refractivity contribution in [3.63, 3.8) is 0 Å². The van der Waals surface area contributed by atoms with Gasteiger partial charge in [-0.2, -0.15) is 4.80 Å². The second kappa shape index (κ2) is 8.16. The second-order valence-electron chi connectivity index (χ2n) is 6.80. The lowest BCUT2D eigenvalue weighted by Gasteiger charge is -2.35. The molecular weight excluding hydrogens is 354 g/mol. The molecule has 1 atom stereocenters. The Labute approximate surface area is 163 Å². The zero-order valence-corrected chi connectivity index (χ0v) is 15.8. The van der Waals surface area contributed by atoms with E-state index in [1.54, 1.807) is 6.20 Å². The number of hydrogen-bond acceptors (Lipinski definition) is 5. The van der Waals surface area contributed by atoms with Gasteiger partial charge in [0, 0.05) is 30.2 Å². The molecule has 0 aliphatic carbocycles. The molecule has 1 unspecified atom stereocenters. The minimum atomic E-state index is -0.101. The fourth-order valence-electron chi connectivity index (χ4n) is 3.52. The molecule has 1 saturated heterocycles. The number of aryl methyl sites for hydroxylation is 1. The number of tetrazole rings is 1. The number of piperidine rings is 1. The van der Waals surface area contributed by atoms with Crippen LogP contribution in [-0.2, 0) is 6.54 Å². The molecule has 8 nitrogen and oxygen atoms in total. The van der Waals surface area contributed by atoms with E-state index >= 15 is 0 Å². The van der Waals surface area contributed by atoms with Crippen molar-refractivity contribution < 1.29 is 4.79 Å². The van der Waals surface area contributed by atoms with Crippen molar-refractivity contribution >= 4 is 11.7 Å². The maximum Gasteiger partial charge on any atom is 0.322 e. The van der Waals surface area contributed by atoms with Gasteiger partial charge in [-0.1, -0.05) is 18.2 Å². The van der Waals surface area contributed by atoms with Gasteiger partial charge < -0.3 is 10.2 Å². The monoisotopic (exact) mass is 377 g/mol. The number of anilines is 1. The topological polar surface area (TPSA) is 88.8 Å². The molecule has 1 aromatic carbocycles. The Balaban J connectivity index is 1.51. The summed E-state index contributed by atoms with van der Waals surface area (Å²) < 4.78 is 0. The first-order valence-corrected chi connectivity index (χ1v) is 9.60. The largest absolute Gasteiger partial charge is 0.322 e. The molecule has 3 aromatic rings. The van der Waals surface area contributed by atoms with Crippen molar-refractivity contribution in [2.75, 3.05) is 11.9 Å². The molecule has 3 heterocycles. The van der Waals surface area contributed by atoms with Crippen LogP contribution in [0.1, 0.15) is 37.8 Å². The van der Waals surface area contributed by atoms with E-state index in [-0.39, 0.29) is 12.1 Å². The molecule has 28 heavy (non-hydrogen) atoms. The summed E-state index contributed by atoms with van der Waals surface area (Å²) in [6.07, 6.45) is 6.67. The maximum atomic E-state index is 13.0. The molecule has 0 saturated carbocycles. The molecule has 0 spiro atoms. The normalized spacial score (nSPS) is 16.8. The molecule has 1 fully saturated rings. The molecule has 4 rings (SSSR count). The third-order valence-corrected chi connectivity index (χ3v) is 4.94. The van der Waals surface area contributed by atoms with Gasteiger partial charge in [0.2, 0.25) is 5.82 Å². The second-order valence-corrected chi connectivity index (χ2v) is 6.80. The van der Waals surface area contributed by atoms with Gasteiger partial charge in [0.1, 0.15) is 0 Å². The number of carbonyl (C=O) groups is 1. The Kier molecular flexibility index (Phi) is 5.27. The minimum absolute atomic E-state index is 0.0525. The lowest BCUT2D eigenvalue weighted by Crippen LogP contribution is -2.41. The molecule has 8 heteroatoms. The number of amides is 2. The number of aromatic nitrogens is 5. The number of benzene rings is 1. The van der Waals surface area contributed by atoms with Crippen LogP contribution in [0.25, 0.3) is 11.4 Å². The fraction of sp³-hybridized carbons (Fsp3) is 0.350. The Bertz CT molecular complexity index is 940. The summed E-state index contributed by atoms with van der Waals surface area (Å²) in [7, 11) is 0. The number of hydrogen-bond donors (Lipinski definition) is 1. The van der Waals surface area contributed by atoms with Gasteiger partial charge in [0.05, 0.1) is 12.6 Å². The van der Waals surface area contributed by atoms with Crippen LogP contribution in [0.2, 0.25) is 0 Å². The zero-order chi connectivity index (χ0) is 19.3. The van der Waals surface area contributed by atoms with Crippen LogP contribution in [-0.4, -0.2) is 42.7 Å². The van der Waals surface area contributed by atoms with Crippen LogP contribution < -0.4 is 5.32 Å². The number of rotatable bonds is 4. The Morgan fingerprint density at radius 2 is 2.18 bits per heavy atom. The number of likely N-dealkylation sites (tertiary alicyclic amines) is 1. The van der Waals surface area contributed by atoms with Crippen molar-refractivity contribution in [2.45, 2.75) is 38.8 Å². The lowest BCUT2D eigenvalue weighted by atomic mass is 9.97. The van der Waals surface area contributed by atoms with E-state index in [4.69, 9.17) is 0 Å². The number of urea groups is 1. The predicted molar refractivity (Wildman–Crippen MR) is 105 cm³/mol. The van der Waals surface area contributed by atoms with Crippen molar-refractivity contribution in [2.24, 2.45) is 0 Å². The smallest absolute Gasteiger partial charge is 0.317 e. The molecule has 0 bridgehead atoms. The summed E-state index contributed by atoms with van der Waals surface area (Å²) in [5.41, 5.74) is 2.61. The van der Waals surface area contributed by atoms with E-state index in [2.05, 4.69) is 25.7 Å². The quantitative estimate of drug-likeness (QED) is 0.751. The molecule has 144 valence electrons. The van der Waals surface area contributed by atoms with Crippen molar-refractivity contribution in [1.29, 1.82) is 0 Å². The highest BCUT2D eigenvalue weighted by Crippen LogP contribution is 2.31. The minimum Gasteiger partial charge on any atom is -0.317 e. The predicted octanol–water partition coefficient (Wildman–Crippen LogP) is 3.51. The molecule has 1 aliphatic heterocycles. The summed E-state index contributed by atoms with van der Waals surface area (Å²) in [5, 5.41) is 15.4. The van der Waals surface area contributed by atoms with Crippen LogP contribution in [0, 0.1) is 0 Å². The first-order chi connectivity index (χ1) is 13.7. The SMILES string of the molecule is CCn1nnc(-c2cccc(NC(=O)N3CCCCC3c3cccnc3)c2)n1. The van der Waals surface area contributed by atoms with Crippen LogP contribution in [0.5, 0.6) is 0 Å². The van der Waals surface area contributed by atoms with Crippen LogP contribution in [0.15, 0.2) is 48.8 Å². The number of nitrogens with zero attached hydrogens (tertiary/aromatic N) is 6. The lowest BCUT2D eigenvalue weighted by molar-refractivity contribution is 0.163. The standard InChI is InChI=1S/C20H23N7O/c1-2-27-24-19(23-25-27)15-7-5-9-17(13-15)22-20(28)26-12-4-3-10-18(26)16-8-6-11-21-14-16/h5-9,11,13-14,18H,2-4,10,12H2,1H3,(H,22,28). The van der Waals surface area contributed by atoms with Gasteiger partial charge >= 0.3 is 6.03 Å². The highest BCUT2D eigenvalue weighted by atomic mass is 16.2. The van der Waals surface area contributed by atoms with Gasteiger partial charge in [0.25, 0.3) is 0 Å². The Morgan fingerprint density at radius 1 is 1.25 bits per heavy atom. The maximum absolute atomic E-state index is 13.0. The summed E-state index contributed by atoms with van der Waals surface area (Å²) in [4.78, 5) is 20.6. The van der Waals surface area contributed by atoms with Gasteiger partial charge in [-0.05, 0) is 55.2 Å². The molecule has 0 radical (unpaired) electrons. The molecule has 1 N–H and O–H groups in total. The average Bonchev–Trinajstić information content (AvgIpc) is 3.24. The highest BCUT2D eigenvalue weighted by molar-refractivity contribution is 5.90. The molecular formula is C20H23N7O. The summed E-state index contributed by atoms with van der Waals surface area (Å²) in [5.74, 6) is 0.546. The van der Waals surface area contributed by atoms with Crippen molar-refractivity contribution in [3.05, 3.63) is 54.4 Å². The van der Waals surface area contributed by atoms with Crippen LogP contribution >= 0.6 is 0 Å². The van der Waals surface area contributed by atoms with Crippen molar-refractivity contribution in [1.82, 2.24) is 30.1 Å². The third kappa shape index (κ3) is 3.85. The average molecular weight is 377 g/mol. The van der Waals surface area contributed by atoms with E-state index in [0.29, 0.717) is 18.1 Å². The summed E-state index contributed by atoms with van der Waals surface area (Å²) in [6.45, 7) is 3.35. The van der Waals surface area contributed by atoms with Gasteiger partial charge in [-0.15, -0.1) is 10.2 Å². The van der Waals surface area contributed by atoms with E-state index in [9.17, 15) is 4.79 Å². The van der Waals surface area contributed by atoms with E-state index < -0.39 is 0 Å². The fourth-order valence-corrected chi connectivity index (χ4v) is 3.52. The molecule has 1 aliphatic rings. The highest BCUT2D eigenvalue weighted by Gasteiger charge is 2.28. The van der Waals surface area contributed by atoms with Crippen LogP contribution in [0.3, 0.4) is 0 Å². The number of pyridine rings is 1. The molecule has 2 amide bonds. The van der Waals surface area contributed by atoms with E-state index in [1.807, 2.05) is 54.4 Å². The summed E-state index contributed by atoms with van der Waals surface area (Å²) in [6, 6.07) is 11.4. The van der Waals surface area contributed by atoms with E-state index in [1.165, 1.54) is 4.80 Å². The van der Waals surface area contributed by atoms with Gasteiger partial charge in [0.15, 0.2) is 0 Å². The van der Waals surface area contributed by atoms with Crippen molar-refractivity contribution in [3.8, 4) is 11.4 Å². The number of nitrogens with one attached hydrogen (secondary N) is 1. The first-order valence-electron chi connectivity index (χ1n) is 9.60. The molecule has 2 aromatic heterocycles. The van der Waals surface area contributed by atoms with Crippen LogP contribution in [0.4, 0.5) is 10.5 Å². The number of carbonyl (C=O) groups excluding carboxylic acids is 1. The van der Waals surface area contributed by atoms with Gasteiger partial charge in [-0.25, -0.2) is 4.79 Å². The van der Waals surface area contributed by atoms with E-state index in [0.717, 1.165) is 36.9 Å². The zero-order valence-electron chi connectivity index (χ0n) is 15.8. The first kappa shape index (κ1) is 18.1. The third-order valence-electron chi connectivity index (χ3n) is 4.94. The summed E-state index contributed by atoms with van der Waals surface area (Å²) >= 11 is 0.